The van der Waals surface area contributed by atoms with Gasteiger partial charge in [-0.25, -0.2) is 0 Å². The van der Waals surface area contributed by atoms with Gasteiger partial charge in [-0.3, -0.25) is 4.79 Å². The van der Waals surface area contributed by atoms with Crippen molar-refractivity contribution in [2.24, 2.45) is 5.92 Å². The first-order chi connectivity index (χ1) is 10.1. The topological polar surface area (TPSA) is 49.8 Å². The zero-order valence-electron chi connectivity index (χ0n) is 12.2. The Morgan fingerprint density at radius 1 is 1.43 bits per heavy atom. The highest BCUT2D eigenvalue weighted by Gasteiger charge is 2.55. The molecule has 0 aromatic heterocycles. The number of aliphatic hydroxyl groups is 1. The average molecular weight is 287 g/mol. The van der Waals surface area contributed by atoms with Crippen LogP contribution in [0.3, 0.4) is 0 Å². The summed E-state index contributed by atoms with van der Waals surface area (Å²) in [6.45, 7) is 6.96. The number of hydrogen-bond donors (Lipinski definition) is 1. The number of aliphatic hydroxyl groups excluding tert-OH is 1. The molecule has 0 radical (unpaired) electrons. The van der Waals surface area contributed by atoms with E-state index in [1.807, 2.05) is 37.3 Å². The summed E-state index contributed by atoms with van der Waals surface area (Å²) in [5, 5.41) is 10.5. The molecule has 4 heteroatoms. The molecule has 0 spiro atoms. The van der Waals surface area contributed by atoms with Gasteiger partial charge in [-0.2, -0.15) is 0 Å². The van der Waals surface area contributed by atoms with Crippen molar-refractivity contribution < 1.29 is 14.6 Å². The molecular formula is C17H21NO3. The van der Waals surface area contributed by atoms with Crippen LogP contribution in [0.15, 0.2) is 42.5 Å². The van der Waals surface area contributed by atoms with E-state index in [-0.39, 0.29) is 17.9 Å². The van der Waals surface area contributed by atoms with Gasteiger partial charge in [0.15, 0.2) is 6.10 Å². The molecular weight excluding hydrogens is 266 g/mol. The second-order valence-corrected chi connectivity index (χ2v) is 5.97. The van der Waals surface area contributed by atoms with Gasteiger partial charge in [0.1, 0.15) is 0 Å². The molecule has 2 aliphatic rings. The van der Waals surface area contributed by atoms with Crippen molar-refractivity contribution in [3.63, 3.8) is 0 Å². The standard InChI is InChI=1S/C17H21NO3/c1-11(2)13-8-9-18-14(15(13)19)16(17(18)20)21-10-12-6-4-3-5-7-12/h3-7,13-16,19H,1,8-10H2,2H3/t13-,14-,15-,16+/m0/s1. The van der Waals surface area contributed by atoms with Crippen LogP contribution in [-0.4, -0.2) is 40.7 Å². The van der Waals surface area contributed by atoms with Crippen LogP contribution in [0, 0.1) is 5.92 Å². The van der Waals surface area contributed by atoms with E-state index in [9.17, 15) is 9.90 Å². The van der Waals surface area contributed by atoms with Crippen LogP contribution in [0.2, 0.25) is 0 Å². The van der Waals surface area contributed by atoms with E-state index in [1.165, 1.54) is 0 Å². The average Bonchev–Trinajstić information content (AvgIpc) is 2.48. The van der Waals surface area contributed by atoms with Gasteiger partial charge in [0, 0.05) is 12.5 Å². The van der Waals surface area contributed by atoms with Crippen LogP contribution in [0.5, 0.6) is 0 Å². The molecule has 3 rings (SSSR count). The number of piperidine rings is 1. The molecule has 2 saturated heterocycles. The zero-order valence-corrected chi connectivity index (χ0v) is 12.2. The van der Waals surface area contributed by atoms with E-state index in [2.05, 4.69) is 6.58 Å². The van der Waals surface area contributed by atoms with Crippen LogP contribution >= 0.6 is 0 Å². The monoisotopic (exact) mass is 287 g/mol. The first-order valence-electron chi connectivity index (χ1n) is 7.39. The van der Waals surface area contributed by atoms with E-state index in [1.54, 1.807) is 4.90 Å². The lowest BCUT2D eigenvalue weighted by atomic mass is 9.77. The predicted octanol–water partition coefficient (Wildman–Crippen LogP) is 1.74. The number of benzene rings is 1. The van der Waals surface area contributed by atoms with Crippen molar-refractivity contribution in [2.45, 2.75) is 38.2 Å². The highest BCUT2D eigenvalue weighted by molar-refractivity contribution is 5.89. The van der Waals surface area contributed by atoms with Gasteiger partial charge < -0.3 is 14.7 Å². The molecule has 21 heavy (non-hydrogen) atoms. The molecule has 112 valence electrons. The number of nitrogens with zero attached hydrogens (tertiary/aromatic N) is 1. The Morgan fingerprint density at radius 2 is 2.14 bits per heavy atom. The molecule has 1 aromatic rings. The Bertz CT molecular complexity index is 542. The number of amides is 1. The van der Waals surface area contributed by atoms with Gasteiger partial charge in [-0.1, -0.05) is 42.5 Å². The first-order valence-corrected chi connectivity index (χ1v) is 7.39. The van der Waals surface area contributed by atoms with Gasteiger partial charge in [-0.15, -0.1) is 0 Å². The summed E-state index contributed by atoms with van der Waals surface area (Å²) < 4.78 is 5.76. The summed E-state index contributed by atoms with van der Waals surface area (Å²) in [5.41, 5.74) is 2.01. The van der Waals surface area contributed by atoms with Crippen LogP contribution in [-0.2, 0) is 16.1 Å². The van der Waals surface area contributed by atoms with Gasteiger partial charge in [0.25, 0.3) is 5.91 Å². The first kappa shape index (κ1) is 14.3. The van der Waals surface area contributed by atoms with Gasteiger partial charge in [-0.05, 0) is 18.9 Å². The number of rotatable bonds is 4. The zero-order chi connectivity index (χ0) is 15.0. The molecule has 2 fully saturated rings. The SMILES string of the molecule is C=C(C)[C@@H]1CCN2C(=O)[C@H](OCc3ccccc3)[C@@H]2[C@H]1O. The molecule has 0 bridgehead atoms. The molecule has 0 aliphatic carbocycles. The Balaban J connectivity index is 1.66. The summed E-state index contributed by atoms with van der Waals surface area (Å²) in [7, 11) is 0. The summed E-state index contributed by atoms with van der Waals surface area (Å²) >= 11 is 0. The second-order valence-electron chi connectivity index (χ2n) is 5.97. The van der Waals surface area contributed by atoms with Crippen LogP contribution in [0.1, 0.15) is 18.9 Å². The van der Waals surface area contributed by atoms with E-state index in [0.717, 1.165) is 17.6 Å². The second kappa shape index (κ2) is 5.62. The molecule has 4 atom stereocenters. The quantitative estimate of drug-likeness (QED) is 0.678. The van der Waals surface area contributed by atoms with Gasteiger partial charge in [0.2, 0.25) is 0 Å². The lowest BCUT2D eigenvalue weighted by Gasteiger charge is -2.54. The van der Waals surface area contributed by atoms with E-state index in [0.29, 0.717) is 13.2 Å². The number of ether oxygens (including phenoxy) is 1. The minimum atomic E-state index is -0.574. The molecule has 1 aromatic carbocycles. The number of carbonyl (C=O) groups excluding carboxylic acids is 1. The largest absolute Gasteiger partial charge is 0.390 e. The van der Waals surface area contributed by atoms with E-state index in [4.69, 9.17) is 4.74 Å². The third kappa shape index (κ3) is 2.49. The normalized spacial score (nSPS) is 31.5. The molecule has 1 amide bonds. The minimum absolute atomic E-state index is 0.00449. The maximum Gasteiger partial charge on any atom is 0.254 e. The molecule has 0 saturated carbocycles. The molecule has 2 heterocycles. The third-order valence-corrected chi connectivity index (χ3v) is 4.55. The highest BCUT2D eigenvalue weighted by atomic mass is 16.5. The Labute approximate surface area is 125 Å². The fourth-order valence-electron chi connectivity index (χ4n) is 3.32. The highest BCUT2D eigenvalue weighted by Crippen LogP contribution is 2.37. The van der Waals surface area contributed by atoms with Crippen LogP contribution in [0.25, 0.3) is 0 Å². The van der Waals surface area contributed by atoms with Crippen LogP contribution < -0.4 is 0 Å². The molecule has 2 aliphatic heterocycles. The van der Waals surface area contributed by atoms with Crippen molar-refractivity contribution in [3.8, 4) is 0 Å². The van der Waals surface area contributed by atoms with Gasteiger partial charge in [0.05, 0.1) is 18.8 Å². The van der Waals surface area contributed by atoms with E-state index >= 15 is 0 Å². The summed E-state index contributed by atoms with van der Waals surface area (Å²) in [4.78, 5) is 13.8. The molecule has 4 nitrogen and oxygen atoms in total. The molecule has 1 N–H and O–H groups in total. The smallest absolute Gasteiger partial charge is 0.254 e. The van der Waals surface area contributed by atoms with Crippen LogP contribution in [0.4, 0.5) is 0 Å². The lowest BCUT2D eigenvalue weighted by Crippen LogP contribution is -2.73. The van der Waals surface area contributed by atoms with Crippen molar-refractivity contribution >= 4 is 5.91 Å². The summed E-state index contributed by atoms with van der Waals surface area (Å²) in [6, 6.07) is 9.54. The minimum Gasteiger partial charge on any atom is -0.390 e. The predicted molar refractivity (Wildman–Crippen MR) is 79.4 cm³/mol. The fraction of sp³-hybridized carbons (Fsp3) is 0.471. The lowest BCUT2D eigenvalue weighted by molar-refractivity contribution is -0.197. The Hall–Kier alpha value is -1.65. The number of hydrogen-bond acceptors (Lipinski definition) is 3. The number of carbonyl (C=O) groups is 1. The fourth-order valence-corrected chi connectivity index (χ4v) is 3.32. The summed E-state index contributed by atoms with van der Waals surface area (Å²) in [6.07, 6.45) is -0.318. The Kier molecular flexibility index (Phi) is 3.83. The van der Waals surface area contributed by atoms with E-state index < -0.39 is 12.2 Å². The summed E-state index contributed by atoms with van der Waals surface area (Å²) in [5.74, 6) is 0.0531. The Morgan fingerprint density at radius 3 is 2.81 bits per heavy atom. The third-order valence-electron chi connectivity index (χ3n) is 4.55. The maximum atomic E-state index is 12.1. The van der Waals surface area contributed by atoms with Crippen molar-refractivity contribution in [2.75, 3.05) is 6.54 Å². The number of β-lactam (4-membered cyclic amide) rings is 1. The van der Waals surface area contributed by atoms with Gasteiger partial charge >= 0.3 is 0 Å². The number of fused-ring (bicyclic) bond motifs is 1. The maximum absolute atomic E-state index is 12.1. The van der Waals surface area contributed by atoms with Crippen molar-refractivity contribution in [1.82, 2.24) is 4.90 Å². The molecule has 0 unspecified atom stereocenters. The van der Waals surface area contributed by atoms with Crippen molar-refractivity contribution in [1.29, 1.82) is 0 Å². The van der Waals surface area contributed by atoms with Crippen molar-refractivity contribution in [3.05, 3.63) is 48.0 Å².